The number of esters is 1. The zero-order valence-electron chi connectivity index (χ0n) is 19.6. The molecular formula is C26H29ClN2O6. The van der Waals surface area contributed by atoms with Crippen molar-refractivity contribution in [3.05, 3.63) is 53.6 Å². The van der Waals surface area contributed by atoms with Gasteiger partial charge in [-0.3, -0.25) is 14.4 Å². The molecule has 0 aliphatic carbocycles. The van der Waals surface area contributed by atoms with Gasteiger partial charge in [0.05, 0.1) is 24.7 Å². The predicted octanol–water partition coefficient (Wildman–Crippen LogP) is 2.49. The summed E-state index contributed by atoms with van der Waals surface area (Å²) >= 11 is 6.04. The van der Waals surface area contributed by atoms with Gasteiger partial charge >= 0.3 is 5.97 Å². The quantitative estimate of drug-likeness (QED) is 0.506. The van der Waals surface area contributed by atoms with E-state index in [4.69, 9.17) is 21.1 Å². The molecule has 4 heterocycles. The zero-order valence-corrected chi connectivity index (χ0v) is 20.3. The lowest BCUT2D eigenvalue weighted by molar-refractivity contribution is -0.158. The van der Waals surface area contributed by atoms with E-state index in [-0.39, 0.29) is 32.2 Å². The number of aliphatic hydroxyl groups excluding tert-OH is 1. The first-order valence-corrected chi connectivity index (χ1v) is 12.4. The Morgan fingerprint density at radius 1 is 1.06 bits per heavy atom. The van der Waals surface area contributed by atoms with Crippen molar-refractivity contribution in [1.29, 1.82) is 0 Å². The minimum absolute atomic E-state index is 0.0481. The molecule has 5 rings (SSSR count). The molecule has 1 unspecified atom stereocenters. The van der Waals surface area contributed by atoms with Crippen molar-refractivity contribution in [1.82, 2.24) is 4.90 Å². The number of hydrogen-bond acceptors (Lipinski definition) is 6. The maximum Gasteiger partial charge on any atom is 0.313 e. The number of benzene rings is 1. The van der Waals surface area contributed by atoms with E-state index in [2.05, 4.69) is 0 Å². The second-order valence-corrected chi connectivity index (χ2v) is 10.1. The molecule has 0 radical (unpaired) electrons. The number of allylic oxidation sites excluding steroid dienone is 1. The minimum Gasteiger partial charge on any atom is -0.465 e. The van der Waals surface area contributed by atoms with Crippen molar-refractivity contribution in [2.24, 2.45) is 11.8 Å². The molecule has 5 atom stereocenters. The summed E-state index contributed by atoms with van der Waals surface area (Å²) in [6, 6.07) is 5.84. The monoisotopic (exact) mass is 500 g/mol. The second kappa shape index (κ2) is 9.08. The van der Waals surface area contributed by atoms with Crippen molar-refractivity contribution >= 4 is 35.1 Å². The number of ether oxygens (including phenoxy) is 2. The number of hydrogen-bond donors (Lipinski definition) is 1. The molecule has 1 aromatic carbocycles. The van der Waals surface area contributed by atoms with Crippen LogP contribution in [0.5, 0.6) is 0 Å². The molecule has 4 aliphatic rings. The number of aliphatic hydroxyl groups is 1. The molecule has 0 saturated carbocycles. The maximum absolute atomic E-state index is 14.1. The lowest BCUT2D eigenvalue weighted by atomic mass is 9.74. The number of β-amino-alcohol motifs (C(OH)–C–C–N with tert-alkyl or cyclic N) is 1. The number of fused-ring (bicyclic) bond motifs is 2. The van der Waals surface area contributed by atoms with Crippen molar-refractivity contribution < 1.29 is 29.0 Å². The highest BCUT2D eigenvalue weighted by Crippen LogP contribution is 2.57. The molecular weight excluding hydrogens is 472 g/mol. The fourth-order valence-corrected chi connectivity index (χ4v) is 6.12. The number of carbonyl (C=O) groups is 3. The number of halogens is 1. The van der Waals surface area contributed by atoms with Gasteiger partial charge in [-0.25, -0.2) is 0 Å². The molecule has 2 saturated heterocycles. The third-order valence-electron chi connectivity index (χ3n) is 7.48. The standard InChI is InChI=1S/C26H29ClN2O6/c1-25-11-4-2-3-5-16-34-24(33)20(25)19-22(31)29(14-15-30)21-23(32)28(13-6-12-26(19,21)35-25)18-9-7-17(27)8-10-18/h4,6-12,19-21,30H,2-3,5,13-16H2,1H3/b11-4-/t19-,20+,21?,25-,26-/m0/s1. The van der Waals surface area contributed by atoms with Gasteiger partial charge in [0, 0.05) is 23.8 Å². The van der Waals surface area contributed by atoms with Crippen LogP contribution in [0.4, 0.5) is 5.69 Å². The van der Waals surface area contributed by atoms with Gasteiger partial charge in [-0.15, -0.1) is 0 Å². The third kappa shape index (κ3) is 3.79. The summed E-state index contributed by atoms with van der Waals surface area (Å²) in [7, 11) is 0. The van der Waals surface area contributed by atoms with E-state index in [1.165, 1.54) is 4.90 Å². The molecule has 9 heteroatoms. The van der Waals surface area contributed by atoms with E-state index in [1.54, 1.807) is 42.2 Å². The van der Waals surface area contributed by atoms with Crippen molar-refractivity contribution in [3.8, 4) is 0 Å². The number of likely N-dealkylation sites (tertiary alicyclic amines) is 1. The van der Waals surface area contributed by atoms with Crippen LogP contribution in [0.2, 0.25) is 5.02 Å². The van der Waals surface area contributed by atoms with Crippen LogP contribution >= 0.6 is 11.6 Å². The van der Waals surface area contributed by atoms with Crippen LogP contribution in [0.3, 0.4) is 0 Å². The third-order valence-corrected chi connectivity index (χ3v) is 7.73. The molecule has 1 N–H and O–H groups in total. The minimum atomic E-state index is -1.37. The Morgan fingerprint density at radius 2 is 1.83 bits per heavy atom. The summed E-state index contributed by atoms with van der Waals surface area (Å²) in [5.74, 6) is -3.11. The number of anilines is 1. The average molecular weight is 501 g/mol. The van der Waals surface area contributed by atoms with Crippen LogP contribution < -0.4 is 4.90 Å². The Morgan fingerprint density at radius 3 is 2.57 bits per heavy atom. The highest BCUT2D eigenvalue weighted by Gasteiger charge is 2.74. The number of rotatable bonds is 3. The second-order valence-electron chi connectivity index (χ2n) is 9.65. The summed E-state index contributed by atoms with van der Waals surface area (Å²) in [5.41, 5.74) is -1.87. The van der Waals surface area contributed by atoms with Crippen molar-refractivity contribution in [2.75, 3.05) is 31.2 Å². The average Bonchev–Trinajstić information content (AvgIpc) is 3.15. The maximum atomic E-state index is 14.1. The van der Waals surface area contributed by atoms with Gasteiger partial charge in [0.1, 0.15) is 17.6 Å². The van der Waals surface area contributed by atoms with E-state index in [9.17, 15) is 19.5 Å². The lowest BCUT2D eigenvalue weighted by Crippen LogP contribution is -2.56. The zero-order chi connectivity index (χ0) is 24.8. The number of cyclic esters (lactones) is 1. The van der Waals surface area contributed by atoms with Crippen LogP contribution in [0.25, 0.3) is 0 Å². The number of nitrogens with zero attached hydrogens (tertiary/aromatic N) is 2. The first-order valence-electron chi connectivity index (χ1n) is 12.0. The van der Waals surface area contributed by atoms with Gasteiger partial charge in [-0.05, 0) is 50.5 Å². The van der Waals surface area contributed by atoms with Crippen LogP contribution in [-0.4, -0.2) is 71.3 Å². The van der Waals surface area contributed by atoms with Crippen LogP contribution in [0.15, 0.2) is 48.6 Å². The molecule has 4 aliphatic heterocycles. The molecule has 0 aromatic heterocycles. The Balaban J connectivity index is 1.63. The van der Waals surface area contributed by atoms with Gasteiger partial charge in [-0.2, -0.15) is 0 Å². The van der Waals surface area contributed by atoms with E-state index in [1.807, 2.05) is 18.2 Å². The number of amides is 2. The van der Waals surface area contributed by atoms with E-state index >= 15 is 0 Å². The first-order chi connectivity index (χ1) is 16.8. The van der Waals surface area contributed by atoms with Gasteiger partial charge in [0.15, 0.2) is 0 Å². The molecule has 0 bridgehead atoms. The van der Waals surface area contributed by atoms with Crippen LogP contribution in [-0.2, 0) is 23.9 Å². The smallest absolute Gasteiger partial charge is 0.313 e. The number of carbonyl (C=O) groups excluding carboxylic acids is 3. The molecule has 2 fully saturated rings. The molecule has 1 aromatic rings. The van der Waals surface area contributed by atoms with Crippen molar-refractivity contribution in [3.63, 3.8) is 0 Å². The van der Waals surface area contributed by atoms with Gasteiger partial charge < -0.3 is 24.4 Å². The SMILES string of the molecule is C[C@]12/C=C\CCCCOC(=O)[C@H]1[C@H]1C(=O)N(CCO)C3C(=O)N(c4ccc(Cl)cc4)CC=C[C@@]31O2. The first kappa shape index (κ1) is 24.0. The highest BCUT2D eigenvalue weighted by atomic mass is 35.5. The summed E-state index contributed by atoms with van der Waals surface area (Å²) < 4.78 is 12.3. The lowest BCUT2D eigenvalue weighted by Gasteiger charge is -2.37. The molecule has 1 spiro atoms. The molecule has 186 valence electrons. The summed E-state index contributed by atoms with van der Waals surface area (Å²) in [6.45, 7) is 1.95. The van der Waals surface area contributed by atoms with Crippen LogP contribution in [0, 0.1) is 11.8 Å². The Bertz CT molecular complexity index is 1090. The largest absolute Gasteiger partial charge is 0.465 e. The summed E-state index contributed by atoms with van der Waals surface area (Å²) in [4.78, 5) is 44.2. The Kier molecular flexibility index (Phi) is 6.23. The molecule has 2 amide bonds. The fourth-order valence-electron chi connectivity index (χ4n) is 6.00. The topological polar surface area (TPSA) is 96.4 Å². The van der Waals surface area contributed by atoms with Crippen LogP contribution in [0.1, 0.15) is 26.2 Å². The highest BCUT2D eigenvalue weighted by molar-refractivity contribution is 6.30. The Hall–Kier alpha value is -2.68. The Labute approximate surface area is 209 Å². The van der Waals surface area contributed by atoms with E-state index in [0.29, 0.717) is 10.7 Å². The van der Waals surface area contributed by atoms with Gasteiger partial charge in [0.2, 0.25) is 5.91 Å². The van der Waals surface area contributed by atoms with E-state index in [0.717, 1.165) is 19.3 Å². The fraction of sp³-hybridized carbons (Fsp3) is 0.500. The summed E-state index contributed by atoms with van der Waals surface area (Å²) in [5, 5.41) is 10.3. The van der Waals surface area contributed by atoms with Gasteiger partial charge in [-0.1, -0.05) is 35.9 Å². The molecule has 35 heavy (non-hydrogen) atoms. The summed E-state index contributed by atoms with van der Waals surface area (Å²) in [6.07, 6.45) is 9.82. The predicted molar refractivity (Wildman–Crippen MR) is 129 cm³/mol. The van der Waals surface area contributed by atoms with Crippen molar-refractivity contribution in [2.45, 2.75) is 43.4 Å². The normalized spacial score (nSPS) is 35.7. The molecule has 8 nitrogen and oxygen atoms in total. The van der Waals surface area contributed by atoms with E-state index < -0.39 is 41.0 Å². The van der Waals surface area contributed by atoms with Gasteiger partial charge in [0.25, 0.3) is 5.91 Å².